The van der Waals surface area contributed by atoms with Crippen molar-refractivity contribution in [2.24, 2.45) is 0 Å². The van der Waals surface area contributed by atoms with Crippen LogP contribution in [-0.2, 0) is 5.75 Å². The molecular formula is C17H13BrS. The summed E-state index contributed by atoms with van der Waals surface area (Å²) in [6.07, 6.45) is 0. The van der Waals surface area contributed by atoms with Gasteiger partial charge in [-0.3, -0.25) is 0 Å². The quantitative estimate of drug-likeness (QED) is 0.540. The maximum atomic E-state index is 3.51. The molecule has 0 radical (unpaired) electrons. The van der Waals surface area contributed by atoms with E-state index in [0.29, 0.717) is 0 Å². The molecule has 0 aromatic heterocycles. The zero-order valence-electron chi connectivity index (χ0n) is 10.3. The van der Waals surface area contributed by atoms with Crippen LogP contribution in [0, 0.1) is 0 Å². The van der Waals surface area contributed by atoms with Gasteiger partial charge in [-0.05, 0) is 40.6 Å². The van der Waals surface area contributed by atoms with Crippen LogP contribution in [0.4, 0.5) is 0 Å². The monoisotopic (exact) mass is 328 g/mol. The van der Waals surface area contributed by atoms with Gasteiger partial charge < -0.3 is 0 Å². The second-order valence-corrected chi connectivity index (χ2v) is 6.39. The van der Waals surface area contributed by atoms with E-state index >= 15 is 0 Å². The van der Waals surface area contributed by atoms with Gasteiger partial charge in [-0.25, -0.2) is 0 Å². The molecule has 0 aliphatic heterocycles. The summed E-state index contributed by atoms with van der Waals surface area (Å²) in [6.45, 7) is 0. The van der Waals surface area contributed by atoms with Crippen molar-refractivity contribution in [3.63, 3.8) is 0 Å². The Morgan fingerprint density at radius 3 is 2.47 bits per heavy atom. The van der Waals surface area contributed by atoms with Gasteiger partial charge in [-0.1, -0.05) is 58.4 Å². The molecule has 0 heterocycles. The maximum Gasteiger partial charge on any atom is 0.0232 e. The first-order chi connectivity index (χ1) is 9.31. The summed E-state index contributed by atoms with van der Waals surface area (Å²) in [7, 11) is 0. The zero-order valence-corrected chi connectivity index (χ0v) is 12.7. The van der Waals surface area contributed by atoms with Gasteiger partial charge in [0.2, 0.25) is 0 Å². The smallest absolute Gasteiger partial charge is 0.0232 e. The summed E-state index contributed by atoms with van der Waals surface area (Å²) >= 11 is 5.39. The Labute approximate surface area is 126 Å². The van der Waals surface area contributed by atoms with Gasteiger partial charge in [0.05, 0.1) is 0 Å². The molecule has 0 atom stereocenters. The van der Waals surface area contributed by atoms with Crippen molar-refractivity contribution >= 4 is 38.5 Å². The predicted molar refractivity (Wildman–Crippen MR) is 87.7 cm³/mol. The van der Waals surface area contributed by atoms with E-state index in [1.807, 2.05) is 11.8 Å². The SMILES string of the molecule is Brc1cccc(CSc2ccc3ccccc3c2)c1. The molecule has 0 N–H and O–H groups in total. The molecule has 0 unspecified atom stereocenters. The third-order valence-corrected chi connectivity index (χ3v) is 4.57. The molecule has 94 valence electrons. The van der Waals surface area contributed by atoms with Crippen LogP contribution in [0.25, 0.3) is 10.8 Å². The second-order valence-electron chi connectivity index (χ2n) is 4.43. The van der Waals surface area contributed by atoms with E-state index in [2.05, 4.69) is 82.7 Å². The third kappa shape index (κ3) is 3.20. The predicted octanol–water partition coefficient (Wildman–Crippen LogP) is 5.89. The third-order valence-electron chi connectivity index (χ3n) is 3.02. The fourth-order valence-electron chi connectivity index (χ4n) is 2.05. The molecule has 0 fully saturated rings. The largest absolute Gasteiger partial charge is 0.121 e. The van der Waals surface area contributed by atoms with Crippen molar-refractivity contribution in [3.05, 3.63) is 76.8 Å². The van der Waals surface area contributed by atoms with Gasteiger partial charge in [0.1, 0.15) is 0 Å². The van der Waals surface area contributed by atoms with Crippen molar-refractivity contribution in [2.45, 2.75) is 10.6 Å². The Hall–Kier alpha value is -1.25. The van der Waals surface area contributed by atoms with E-state index in [-0.39, 0.29) is 0 Å². The highest BCUT2D eigenvalue weighted by Gasteiger charge is 1.99. The standard InChI is InChI=1S/C17H13BrS/c18-16-7-3-4-13(10-16)12-19-17-9-8-14-5-1-2-6-15(14)11-17/h1-11H,12H2. The average molecular weight is 329 g/mol. The molecule has 0 aliphatic rings. The average Bonchev–Trinajstić information content (AvgIpc) is 2.45. The lowest BCUT2D eigenvalue weighted by Crippen LogP contribution is -1.81. The van der Waals surface area contributed by atoms with Crippen LogP contribution in [0.3, 0.4) is 0 Å². The molecule has 0 spiro atoms. The Morgan fingerprint density at radius 1 is 0.789 bits per heavy atom. The molecule has 3 aromatic carbocycles. The van der Waals surface area contributed by atoms with Gasteiger partial charge in [0.25, 0.3) is 0 Å². The number of benzene rings is 3. The molecule has 0 bridgehead atoms. The zero-order chi connectivity index (χ0) is 13.1. The number of fused-ring (bicyclic) bond motifs is 1. The highest BCUT2D eigenvalue weighted by molar-refractivity contribution is 9.10. The number of rotatable bonds is 3. The molecule has 0 saturated heterocycles. The Morgan fingerprint density at radius 2 is 1.63 bits per heavy atom. The van der Waals surface area contributed by atoms with Crippen LogP contribution in [0.5, 0.6) is 0 Å². The minimum atomic E-state index is 0.998. The number of hydrogen-bond acceptors (Lipinski definition) is 1. The minimum Gasteiger partial charge on any atom is -0.121 e. The van der Waals surface area contributed by atoms with E-state index in [1.165, 1.54) is 21.2 Å². The van der Waals surface area contributed by atoms with Crippen LogP contribution < -0.4 is 0 Å². The normalized spacial score (nSPS) is 10.8. The van der Waals surface area contributed by atoms with Gasteiger partial charge in [-0.2, -0.15) is 0 Å². The van der Waals surface area contributed by atoms with E-state index in [1.54, 1.807) is 0 Å². The van der Waals surface area contributed by atoms with E-state index < -0.39 is 0 Å². The van der Waals surface area contributed by atoms with Crippen molar-refractivity contribution in [1.82, 2.24) is 0 Å². The Balaban J connectivity index is 1.78. The molecule has 0 nitrogen and oxygen atoms in total. The molecule has 0 saturated carbocycles. The summed E-state index contributed by atoms with van der Waals surface area (Å²) in [4.78, 5) is 1.32. The van der Waals surface area contributed by atoms with Crippen LogP contribution in [0.15, 0.2) is 76.1 Å². The first-order valence-electron chi connectivity index (χ1n) is 6.17. The second kappa shape index (κ2) is 5.81. The summed E-state index contributed by atoms with van der Waals surface area (Å²) in [5.74, 6) is 0.998. The lowest BCUT2D eigenvalue weighted by molar-refractivity contribution is 1.38. The van der Waals surface area contributed by atoms with Gasteiger partial charge in [0, 0.05) is 15.1 Å². The first-order valence-corrected chi connectivity index (χ1v) is 7.95. The molecule has 0 amide bonds. The molecule has 2 heteroatoms. The molecule has 3 aromatic rings. The van der Waals surface area contributed by atoms with Crippen LogP contribution in [0.2, 0.25) is 0 Å². The summed E-state index contributed by atoms with van der Waals surface area (Å²) < 4.78 is 1.14. The fourth-order valence-corrected chi connectivity index (χ4v) is 3.38. The molecular weight excluding hydrogens is 316 g/mol. The summed E-state index contributed by atoms with van der Waals surface area (Å²) in [6, 6.07) is 23.6. The van der Waals surface area contributed by atoms with E-state index in [4.69, 9.17) is 0 Å². The highest BCUT2D eigenvalue weighted by Crippen LogP contribution is 2.27. The molecule has 19 heavy (non-hydrogen) atoms. The van der Waals surface area contributed by atoms with Crippen molar-refractivity contribution < 1.29 is 0 Å². The van der Waals surface area contributed by atoms with Crippen molar-refractivity contribution in [1.29, 1.82) is 0 Å². The van der Waals surface area contributed by atoms with Crippen LogP contribution >= 0.6 is 27.7 Å². The minimum absolute atomic E-state index is 0.998. The molecule has 0 aliphatic carbocycles. The lowest BCUT2D eigenvalue weighted by Gasteiger charge is -2.04. The van der Waals surface area contributed by atoms with Crippen molar-refractivity contribution in [3.8, 4) is 0 Å². The van der Waals surface area contributed by atoms with Gasteiger partial charge in [-0.15, -0.1) is 11.8 Å². The molecule has 3 rings (SSSR count). The number of thioether (sulfide) groups is 1. The van der Waals surface area contributed by atoms with Crippen LogP contribution in [0.1, 0.15) is 5.56 Å². The van der Waals surface area contributed by atoms with Gasteiger partial charge >= 0.3 is 0 Å². The Kier molecular flexibility index (Phi) is 3.90. The number of halogens is 1. The van der Waals surface area contributed by atoms with Crippen molar-refractivity contribution in [2.75, 3.05) is 0 Å². The summed E-state index contributed by atoms with van der Waals surface area (Å²) in [5.41, 5.74) is 1.34. The summed E-state index contributed by atoms with van der Waals surface area (Å²) in [5, 5.41) is 2.61. The first kappa shape index (κ1) is 12.8. The van der Waals surface area contributed by atoms with E-state index in [9.17, 15) is 0 Å². The fraction of sp³-hybridized carbons (Fsp3) is 0.0588. The van der Waals surface area contributed by atoms with Gasteiger partial charge in [0.15, 0.2) is 0 Å². The lowest BCUT2D eigenvalue weighted by atomic mass is 10.1. The highest BCUT2D eigenvalue weighted by atomic mass is 79.9. The number of hydrogen-bond donors (Lipinski definition) is 0. The maximum absolute atomic E-state index is 3.51. The van der Waals surface area contributed by atoms with Crippen LogP contribution in [-0.4, -0.2) is 0 Å². The topological polar surface area (TPSA) is 0 Å². The Bertz CT molecular complexity index is 706. The van der Waals surface area contributed by atoms with E-state index in [0.717, 1.165) is 10.2 Å².